The summed E-state index contributed by atoms with van der Waals surface area (Å²) in [7, 11) is 0. The number of hydrogen-bond donors (Lipinski definition) is 0. The van der Waals surface area contributed by atoms with Crippen molar-refractivity contribution < 1.29 is 9.47 Å². The van der Waals surface area contributed by atoms with Gasteiger partial charge in [-0.2, -0.15) is 0 Å². The van der Waals surface area contributed by atoms with Crippen molar-refractivity contribution in [1.29, 1.82) is 0 Å². The molecule has 4 aliphatic heterocycles. The standard InChI is InChI=1S/C78H82B2N2O2/c1-47(2)39-51-15-31-61(32-16-51)81-67-37-19-53(41-49(5)6)43-65(67)79-63-35-25-58(56-23-29-60(30-24-56)78(12,13)14)46-70(63)84-76-71(79)73(81)75-72-74(76)82(62-33-17-52(18-34-62)40-48(3)4)68-38-20-54(42-50(7)8)44-66(68)80(72)64-36-26-57(45-69(64)83-75)55-21-27-59(28-22-55)77(9,10)11/h15-38,43-50H,39-42H2,1-14H3. The number of anilines is 6. The third-order valence-electron chi connectivity index (χ3n) is 17.9. The van der Waals surface area contributed by atoms with E-state index in [-0.39, 0.29) is 24.3 Å². The molecule has 0 unspecified atom stereocenters. The van der Waals surface area contributed by atoms with Gasteiger partial charge in [-0.25, -0.2) is 0 Å². The van der Waals surface area contributed by atoms with E-state index in [0.29, 0.717) is 23.7 Å². The van der Waals surface area contributed by atoms with Crippen LogP contribution in [0.3, 0.4) is 0 Å². The molecular weight excluding hydrogens is 1020 g/mol. The molecular formula is C78H82B2N2O2. The second kappa shape index (κ2) is 21.1. The van der Waals surface area contributed by atoms with Crippen LogP contribution in [-0.2, 0) is 36.5 Å². The smallest absolute Gasteiger partial charge is 0.256 e. The van der Waals surface area contributed by atoms with Crippen molar-refractivity contribution in [3.8, 4) is 45.3 Å². The van der Waals surface area contributed by atoms with Crippen molar-refractivity contribution in [2.24, 2.45) is 23.7 Å². The number of rotatable bonds is 12. The number of nitrogens with zero attached hydrogens (tertiary/aromatic N) is 2. The summed E-state index contributed by atoms with van der Waals surface area (Å²) in [5.74, 6) is 5.59. The van der Waals surface area contributed by atoms with Gasteiger partial charge in [0.25, 0.3) is 13.4 Å². The SMILES string of the molecule is CC(C)Cc1ccc(N2c3ccc(CC(C)C)cc3B3c4ccc(-c5ccc(C(C)(C)C)cc5)cc4Oc4c3c2c2c3c4N(c4ccc(CC(C)C)cc4)c4ccc(CC(C)C)cc4B3c3ccc(-c4ccc(C(C)(C)C)cc4)cc3O2)cc1. The molecule has 0 atom stereocenters. The summed E-state index contributed by atoms with van der Waals surface area (Å²) >= 11 is 0. The van der Waals surface area contributed by atoms with Crippen molar-refractivity contribution in [3.63, 3.8) is 0 Å². The van der Waals surface area contributed by atoms with Gasteiger partial charge >= 0.3 is 0 Å². The molecule has 422 valence electrons. The molecule has 4 aliphatic rings. The van der Waals surface area contributed by atoms with Gasteiger partial charge in [0.05, 0.1) is 11.4 Å². The van der Waals surface area contributed by atoms with E-state index in [0.717, 1.165) is 104 Å². The molecule has 84 heavy (non-hydrogen) atoms. The number of benzene rings is 9. The van der Waals surface area contributed by atoms with E-state index in [4.69, 9.17) is 9.47 Å². The molecule has 0 radical (unpaired) electrons. The lowest BCUT2D eigenvalue weighted by molar-refractivity contribution is 0.477. The Labute approximate surface area is 502 Å². The van der Waals surface area contributed by atoms with E-state index in [1.807, 2.05) is 0 Å². The number of fused-ring (bicyclic) bond motifs is 10. The van der Waals surface area contributed by atoms with E-state index >= 15 is 0 Å². The van der Waals surface area contributed by atoms with Gasteiger partial charge < -0.3 is 19.3 Å². The first-order valence-corrected chi connectivity index (χ1v) is 31.3. The van der Waals surface area contributed by atoms with Gasteiger partial charge in [-0.05, 0) is 186 Å². The number of hydrogen-bond acceptors (Lipinski definition) is 4. The van der Waals surface area contributed by atoms with E-state index in [1.165, 1.54) is 66.8 Å². The molecule has 0 bridgehead atoms. The zero-order valence-corrected chi connectivity index (χ0v) is 52.2. The molecule has 9 aromatic carbocycles. The lowest BCUT2D eigenvalue weighted by Crippen LogP contribution is -2.64. The summed E-state index contributed by atoms with van der Waals surface area (Å²) in [6, 6.07) is 65.8. The first kappa shape index (κ1) is 55.5. The quantitative estimate of drug-likeness (QED) is 0.114. The Bertz CT molecular complexity index is 3730. The van der Waals surface area contributed by atoms with Crippen LogP contribution in [0.25, 0.3) is 22.3 Å². The third-order valence-corrected chi connectivity index (χ3v) is 17.9. The van der Waals surface area contributed by atoms with Crippen LogP contribution in [0, 0.1) is 23.7 Å². The van der Waals surface area contributed by atoms with Crippen molar-refractivity contribution in [2.75, 3.05) is 9.80 Å². The summed E-state index contributed by atoms with van der Waals surface area (Å²) in [6.07, 6.45) is 3.98. The summed E-state index contributed by atoms with van der Waals surface area (Å²) < 4.78 is 16.0. The van der Waals surface area contributed by atoms with Crippen molar-refractivity contribution in [2.45, 2.75) is 133 Å². The van der Waals surface area contributed by atoms with Crippen LogP contribution in [0.15, 0.2) is 170 Å². The van der Waals surface area contributed by atoms with Gasteiger partial charge in [-0.1, -0.05) is 218 Å². The highest BCUT2D eigenvalue weighted by atomic mass is 16.5. The zero-order chi connectivity index (χ0) is 58.7. The van der Waals surface area contributed by atoms with E-state index < -0.39 is 0 Å². The highest BCUT2D eigenvalue weighted by Crippen LogP contribution is 2.54. The lowest BCUT2D eigenvalue weighted by Gasteiger charge is -2.47. The van der Waals surface area contributed by atoms with Gasteiger partial charge in [0.2, 0.25) is 0 Å². The maximum atomic E-state index is 7.99. The molecule has 0 N–H and O–H groups in total. The maximum absolute atomic E-state index is 7.99. The molecule has 0 spiro atoms. The van der Waals surface area contributed by atoms with Crippen LogP contribution in [0.4, 0.5) is 34.1 Å². The number of ether oxygens (including phenoxy) is 2. The Morgan fingerprint density at radius 2 is 0.667 bits per heavy atom. The third kappa shape index (κ3) is 9.95. The zero-order valence-electron chi connectivity index (χ0n) is 52.2. The molecule has 4 heterocycles. The molecule has 0 saturated carbocycles. The monoisotopic (exact) mass is 1100 g/mol. The second-order valence-electron chi connectivity index (χ2n) is 28.6. The van der Waals surface area contributed by atoms with E-state index in [1.54, 1.807) is 0 Å². The minimum absolute atomic E-state index is 0.0458. The van der Waals surface area contributed by atoms with Crippen LogP contribution in [0.1, 0.15) is 130 Å². The van der Waals surface area contributed by atoms with Crippen LogP contribution >= 0.6 is 0 Å². The van der Waals surface area contributed by atoms with Crippen LogP contribution < -0.4 is 52.1 Å². The fourth-order valence-electron chi connectivity index (χ4n) is 14.0. The van der Waals surface area contributed by atoms with Crippen molar-refractivity contribution in [1.82, 2.24) is 0 Å². The normalized spacial score (nSPS) is 13.8. The molecule has 0 aromatic heterocycles. The minimum Gasteiger partial charge on any atom is -0.456 e. The molecule has 13 rings (SSSR count). The largest absolute Gasteiger partial charge is 0.456 e. The molecule has 0 fully saturated rings. The van der Waals surface area contributed by atoms with Gasteiger partial charge in [-0.3, -0.25) is 0 Å². The summed E-state index contributed by atoms with van der Waals surface area (Å²) in [6.45, 7) is 31.9. The van der Waals surface area contributed by atoms with Gasteiger partial charge in [-0.15, -0.1) is 0 Å². The van der Waals surface area contributed by atoms with Gasteiger partial charge in [0, 0.05) is 33.7 Å². The van der Waals surface area contributed by atoms with Crippen molar-refractivity contribution >= 4 is 80.3 Å². The molecule has 9 aromatic rings. The predicted octanol–water partition coefficient (Wildman–Crippen LogP) is 17.2. The molecule has 6 heteroatoms. The topological polar surface area (TPSA) is 24.9 Å². The van der Waals surface area contributed by atoms with Crippen LogP contribution in [0.5, 0.6) is 23.0 Å². The Balaban J connectivity index is 1.14. The van der Waals surface area contributed by atoms with E-state index in [2.05, 4.69) is 277 Å². The van der Waals surface area contributed by atoms with Gasteiger partial charge in [0.1, 0.15) is 23.0 Å². The Kier molecular flexibility index (Phi) is 14.0. The molecule has 0 saturated heterocycles. The maximum Gasteiger partial charge on any atom is 0.256 e. The Morgan fingerprint density at radius 1 is 0.345 bits per heavy atom. The molecule has 0 amide bonds. The highest BCUT2D eigenvalue weighted by Gasteiger charge is 2.52. The fraction of sp³-hybridized carbons (Fsp3) is 0.308. The fourth-order valence-corrected chi connectivity index (χ4v) is 14.0. The highest BCUT2D eigenvalue weighted by molar-refractivity contribution is 7.02. The molecule has 0 aliphatic carbocycles. The lowest BCUT2D eigenvalue weighted by atomic mass is 9.31. The van der Waals surface area contributed by atoms with Crippen LogP contribution in [0.2, 0.25) is 0 Å². The minimum atomic E-state index is -0.183. The van der Waals surface area contributed by atoms with Gasteiger partial charge in [0.15, 0.2) is 0 Å². The summed E-state index contributed by atoms with van der Waals surface area (Å²) in [4.78, 5) is 5.09. The second-order valence-corrected chi connectivity index (χ2v) is 28.6. The summed E-state index contributed by atoms with van der Waals surface area (Å²) in [5.41, 5.74) is 26.5. The first-order chi connectivity index (χ1) is 40.2. The Morgan fingerprint density at radius 3 is 1.00 bits per heavy atom. The average molecular weight is 1100 g/mol. The molecule has 4 nitrogen and oxygen atoms in total. The first-order valence-electron chi connectivity index (χ1n) is 31.3. The Hall–Kier alpha value is -7.69. The average Bonchev–Trinajstić information content (AvgIpc) is 0.700. The summed E-state index contributed by atoms with van der Waals surface area (Å²) in [5, 5.41) is 0. The van der Waals surface area contributed by atoms with Crippen LogP contribution in [-0.4, -0.2) is 13.4 Å². The van der Waals surface area contributed by atoms with E-state index in [9.17, 15) is 0 Å². The predicted molar refractivity (Wildman–Crippen MR) is 361 cm³/mol. The van der Waals surface area contributed by atoms with Crippen molar-refractivity contribution in [3.05, 3.63) is 203 Å².